The van der Waals surface area contributed by atoms with E-state index < -0.39 is 0 Å². The summed E-state index contributed by atoms with van der Waals surface area (Å²) in [4.78, 5) is 0. The third kappa shape index (κ3) is 2.19. The maximum atomic E-state index is 10.3. The molecule has 0 saturated heterocycles. The van der Waals surface area contributed by atoms with Crippen molar-refractivity contribution in [2.24, 2.45) is 0 Å². The van der Waals surface area contributed by atoms with Crippen LogP contribution in [0.1, 0.15) is 28.7 Å². The van der Waals surface area contributed by atoms with E-state index in [1.165, 1.54) is 6.07 Å². The lowest BCUT2D eigenvalue weighted by Gasteiger charge is -2.20. The third-order valence-corrected chi connectivity index (χ3v) is 3.92. The molecule has 0 amide bonds. The number of rotatable bonds is 1. The Balaban J connectivity index is 2.20. The lowest BCUT2D eigenvalue weighted by atomic mass is 9.94. The summed E-state index contributed by atoms with van der Waals surface area (Å²) >= 11 is 0. The lowest BCUT2D eigenvalue weighted by Crippen LogP contribution is -2.16. The Morgan fingerprint density at radius 2 is 2.10 bits per heavy atom. The first-order valence-corrected chi connectivity index (χ1v) is 6.96. The Labute approximate surface area is 123 Å². The van der Waals surface area contributed by atoms with Gasteiger partial charge in [0.05, 0.1) is 11.6 Å². The van der Waals surface area contributed by atoms with Gasteiger partial charge in [0.25, 0.3) is 0 Å². The van der Waals surface area contributed by atoms with Crippen molar-refractivity contribution in [3.63, 3.8) is 0 Å². The zero-order valence-electron chi connectivity index (χ0n) is 12.1. The molecule has 2 heterocycles. The summed E-state index contributed by atoms with van der Waals surface area (Å²) in [7, 11) is 0. The molecule has 0 atom stereocenters. The summed E-state index contributed by atoms with van der Waals surface area (Å²) < 4.78 is 0. The van der Waals surface area contributed by atoms with Crippen LogP contribution in [0.5, 0.6) is 5.75 Å². The second kappa shape index (κ2) is 5.06. The van der Waals surface area contributed by atoms with Gasteiger partial charge < -0.3 is 10.4 Å². The van der Waals surface area contributed by atoms with Gasteiger partial charge in [0.2, 0.25) is 0 Å². The molecule has 1 aromatic heterocycles. The van der Waals surface area contributed by atoms with E-state index in [9.17, 15) is 5.11 Å². The highest BCUT2D eigenvalue weighted by molar-refractivity contribution is 5.76. The molecule has 0 aliphatic carbocycles. The topological polar surface area (TPSA) is 81.8 Å². The highest BCUT2D eigenvalue weighted by atomic mass is 16.3. The number of anilines is 1. The molecule has 2 aromatic rings. The van der Waals surface area contributed by atoms with Gasteiger partial charge in [0.15, 0.2) is 5.82 Å². The molecule has 0 saturated carbocycles. The van der Waals surface area contributed by atoms with Crippen molar-refractivity contribution in [3.05, 3.63) is 34.4 Å². The standard InChI is InChI=1S/C16H16N4O/c1-9-6-11(8-17)7-13(21)14(9)15-10(2)12-4-3-5-18-16(12)20-19-15/h6-7,21H,3-5H2,1-2H3,(H,18,20). The maximum absolute atomic E-state index is 10.3. The number of phenolic OH excluding ortho intramolecular Hbond substituents is 1. The van der Waals surface area contributed by atoms with Gasteiger partial charge in [0.1, 0.15) is 11.4 Å². The van der Waals surface area contributed by atoms with E-state index >= 15 is 0 Å². The highest BCUT2D eigenvalue weighted by Crippen LogP contribution is 2.36. The summed E-state index contributed by atoms with van der Waals surface area (Å²) in [6, 6.07) is 5.28. The van der Waals surface area contributed by atoms with Crippen molar-refractivity contribution in [2.75, 3.05) is 11.9 Å². The number of nitrogens with zero attached hydrogens (tertiary/aromatic N) is 3. The fourth-order valence-electron chi connectivity index (χ4n) is 2.85. The lowest BCUT2D eigenvalue weighted by molar-refractivity contribution is 0.476. The first kappa shape index (κ1) is 13.4. The Kier molecular flexibility index (Phi) is 3.22. The van der Waals surface area contributed by atoms with Gasteiger partial charge in [-0.3, -0.25) is 0 Å². The molecule has 0 spiro atoms. The largest absolute Gasteiger partial charge is 0.507 e. The molecular weight excluding hydrogens is 264 g/mol. The molecule has 0 unspecified atom stereocenters. The van der Waals surface area contributed by atoms with Crippen molar-refractivity contribution < 1.29 is 5.11 Å². The van der Waals surface area contributed by atoms with Crippen LogP contribution in [0, 0.1) is 25.2 Å². The summed E-state index contributed by atoms with van der Waals surface area (Å²) in [5.41, 5.74) is 4.82. The number of benzene rings is 1. The number of hydrogen-bond donors (Lipinski definition) is 2. The Bertz CT molecular complexity index is 739. The molecule has 21 heavy (non-hydrogen) atoms. The molecule has 3 rings (SSSR count). The molecule has 0 bridgehead atoms. The van der Waals surface area contributed by atoms with Gasteiger partial charge in [-0.05, 0) is 49.9 Å². The van der Waals surface area contributed by atoms with Gasteiger partial charge in [-0.2, -0.15) is 5.26 Å². The summed E-state index contributed by atoms with van der Waals surface area (Å²) in [5, 5.41) is 31.0. The fourth-order valence-corrected chi connectivity index (χ4v) is 2.85. The van der Waals surface area contributed by atoms with Crippen molar-refractivity contribution >= 4 is 5.82 Å². The second-order valence-corrected chi connectivity index (χ2v) is 5.33. The van der Waals surface area contributed by atoms with E-state index in [0.717, 1.165) is 41.9 Å². The first-order chi connectivity index (χ1) is 10.1. The van der Waals surface area contributed by atoms with Crippen molar-refractivity contribution in [3.8, 4) is 23.1 Å². The average molecular weight is 280 g/mol. The smallest absolute Gasteiger partial charge is 0.152 e. The number of phenols is 1. The molecular formula is C16H16N4O. The van der Waals surface area contributed by atoms with Gasteiger partial charge in [-0.25, -0.2) is 0 Å². The molecule has 1 aliphatic heterocycles. The predicted molar refractivity (Wildman–Crippen MR) is 80.1 cm³/mol. The van der Waals surface area contributed by atoms with Crippen LogP contribution in [0.4, 0.5) is 5.82 Å². The maximum Gasteiger partial charge on any atom is 0.152 e. The van der Waals surface area contributed by atoms with E-state index in [1.54, 1.807) is 6.07 Å². The van der Waals surface area contributed by atoms with Gasteiger partial charge in [-0.1, -0.05) is 0 Å². The van der Waals surface area contributed by atoms with E-state index in [4.69, 9.17) is 5.26 Å². The van der Waals surface area contributed by atoms with E-state index in [1.807, 2.05) is 19.9 Å². The average Bonchev–Trinajstić information content (AvgIpc) is 2.49. The van der Waals surface area contributed by atoms with Crippen LogP contribution in [0.2, 0.25) is 0 Å². The number of fused-ring (bicyclic) bond motifs is 1. The number of aromatic nitrogens is 2. The SMILES string of the molecule is Cc1cc(C#N)cc(O)c1-c1nnc2c(c1C)CCCN2. The molecule has 5 heteroatoms. The quantitative estimate of drug-likeness (QED) is 0.839. The molecule has 0 radical (unpaired) electrons. The summed E-state index contributed by atoms with van der Waals surface area (Å²) in [6.45, 7) is 4.79. The Hall–Kier alpha value is -2.61. The number of aromatic hydroxyl groups is 1. The van der Waals surface area contributed by atoms with Crippen LogP contribution in [0.15, 0.2) is 12.1 Å². The third-order valence-electron chi connectivity index (χ3n) is 3.92. The first-order valence-electron chi connectivity index (χ1n) is 6.96. The monoisotopic (exact) mass is 280 g/mol. The summed E-state index contributed by atoms with van der Waals surface area (Å²) in [5.74, 6) is 0.918. The normalized spacial score (nSPS) is 13.2. The van der Waals surface area contributed by atoms with Crippen molar-refractivity contribution in [1.82, 2.24) is 10.2 Å². The molecule has 0 fully saturated rings. The zero-order chi connectivity index (χ0) is 15.0. The van der Waals surface area contributed by atoms with E-state index in [-0.39, 0.29) is 5.75 Å². The highest BCUT2D eigenvalue weighted by Gasteiger charge is 2.20. The van der Waals surface area contributed by atoms with Crippen molar-refractivity contribution in [1.29, 1.82) is 5.26 Å². The second-order valence-electron chi connectivity index (χ2n) is 5.33. The van der Waals surface area contributed by atoms with E-state index in [0.29, 0.717) is 16.8 Å². The van der Waals surface area contributed by atoms with Crippen molar-refractivity contribution in [2.45, 2.75) is 26.7 Å². The minimum atomic E-state index is 0.0765. The predicted octanol–water partition coefficient (Wildman–Crippen LogP) is 2.70. The number of nitriles is 1. The molecule has 106 valence electrons. The van der Waals surface area contributed by atoms with Crippen LogP contribution in [0.25, 0.3) is 11.3 Å². The molecule has 1 aliphatic rings. The number of aryl methyl sites for hydroxylation is 1. The van der Waals surface area contributed by atoms with E-state index in [2.05, 4.69) is 15.5 Å². The molecule has 1 aromatic carbocycles. The Morgan fingerprint density at radius 1 is 1.29 bits per heavy atom. The van der Waals surface area contributed by atoms with Crippen LogP contribution >= 0.6 is 0 Å². The Morgan fingerprint density at radius 3 is 2.81 bits per heavy atom. The number of nitrogens with one attached hydrogen (secondary N) is 1. The minimum absolute atomic E-state index is 0.0765. The zero-order valence-corrected chi connectivity index (χ0v) is 12.1. The fraction of sp³-hybridized carbons (Fsp3) is 0.312. The molecule has 2 N–H and O–H groups in total. The van der Waals surface area contributed by atoms with Crippen LogP contribution < -0.4 is 5.32 Å². The van der Waals surface area contributed by atoms with Gasteiger partial charge >= 0.3 is 0 Å². The van der Waals surface area contributed by atoms with Gasteiger partial charge in [-0.15, -0.1) is 10.2 Å². The van der Waals surface area contributed by atoms with Crippen LogP contribution in [-0.2, 0) is 6.42 Å². The van der Waals surface area contributed by atoms with Crippen LogP contribution in [0.3, 0.4) is 0 Å². The van der Waals surface area contributed by atoms with Crippen LogP contribution in [-0.4, -0.2) is 21.8 Å². The minimum Gasteiger partial charge on any atom is -0.507 e. The molecule has 5 nitrogen and oxygen atoms in total. The van der Waals surface area contributed by atoms with Gasteiger partial charge in [0, 0.05) is 17.7 Å². The number of hydrogen-bond acceptors (Lipinski definition) is 5. The summed E-state index contributed by atoms with van der Waals surface area (Å²) in [6.07, 6.45) is 2.03.